The molecule has 3 rings (SSSR count). The van der Waals surface area contributed by atoms with Crippen LogP contribution in [0, 0.1) is 6.92 Å². The third-order valence-electron chi connectivity index (χ3n) is 4.33. The summed E-state index contributed by atoms with van der Waals surface area (Å²) < 4.78 is 0. The van der Waals surface area contributed by atoms with Crippen molar-refractivity contribution in [1.29, 1.82) is 0 Å². The molecule has 0 bridgehead atoms. The predicted octanol–water partition coefficient (Wildman–Crippen LogP) is 4.39. The molecule has 0 saturated carbocycles. The van der Waals surface area contributed by atoms with Crippen molar-refractivity contribution >= 4 is 23.5 Å². The van der Waals surface area contributed by atoms with Gasteiger partial charge in [-0.25, -0.2) is 0 Å². The Morgan fingerprint density at radius 1 is 0.708 bits per heavy atom. The van der Waals surface area contributed by atoms with E-state index >= 15 is 0 Å². The van der Waals surface area contributed by atoms with Crippen molar-refractivity contribution in [3.8, 4) is 0 Å². The largest absolute Gasteiger partial charge is 0.345 e. The highest BCUT2D eigenvalue weighted by Gasteiger charge is 2.03. The first-order chi connectivity index (χ1) is 11.7. The molecule has 0 aliphatic carbocycles. The number of benzene rings is 3. The quantitative estimate of drug-likeness (QED) is 0.693. The van der Waals surface area contributed by atoms with Gasteiger partial charge in [0, 0.05) is 18.4 Å². The molecule has 0 aliphatic rings. The maximum atomic E-state index is 2.23. The van der Waals surface area contributed by atoms with Crippen molar-refractivity contribution in [2.24, 2.45) is 0 Å². The smallest absolute Gasteiger partial charge is 0.0408 e. The van der Waals surface area contributed by atoms with E-state index in [0.29, 0.717) is 0 Å². The first-order valence-corrected chi connectivity index (χ1v) is 8.31. The molecule has 0 radical (unpaired) electrons. The summed E-state index contributed by atoms with van der Waals surface area (Å²) in [5.74, 6) is 0. The Labute approximate surface area is 144 Å². The predicted molar refractivity (Wildman–Crippen MR) is 105 cm³/mol. The van der Waals surface area contributed by atoms with Crippen LogP contribution in [0.15, 0.2) is 72.8 Å². The van der Waals surface area contributed by atoms with Gasteiger partial charge in [0.2, 0.25) is 0 Å². The molecule has 3 aromatic carbocycles. The molecule has 0 spiro atoms. The van der Waals surface area contributed by atoms with E-state index in [-0.39, 0.29) is 0 Å². The monoisotopic (exact) mass is 313 g/mol. The van der Waals surface area contributed by atoms with E-state index in [2.05, 4.69) is 111 Å². The zero-order chi connectivity index (χ0) is 16.9. The minimum atomic E-state index is 1.19. The average Bonchev–Trinajstić information content (AvgIpc) is 2.63. The van der Waals surface area contributed by atoms with Crippen molar-refractivity contribution in [3.63, 3.8) is 0 Å². The molecule has 1 heteroatoms. The van der Waals surface area contributed by atoms with E-state index in [1.54, 1.807) is 0 Å². The first kappa shape index (κ1) is 16.1. The number of rotatable bonds is 3. The minimum absolute atomic E-state index is 1.19. The second-order valence-corrected chi connectivity index (χ2v) is 6.05. The summed E-state index contributed by atoms with van der Waals surface area (Å²) in [5.41, 5.74) is 4.88. The Bertz CT molecular complexity index is 919. The SMILES string of the molecule is C/C=c1/cccc/c1=C/c1ccc(N(C)c2ccc(C)cc2)cc1. The molecule has 0 aromatic heterocycles. The summed E-state index contributed by atoms with van der Waals surface area (Å²) in [6.45, 7) is 4.19. The van der Waals surface area contributed by atoms with Crippen LogP contribution >= 0.6 is 0 Å². The summed E-state index contributed by atoms with van der Waals surface area (Å²) in [7, 11) is 2.10. The highest BCUT2D eigenvalue weighted by atomic mass is 15.1. The lowest BCUT2D eigenvalue weighted by Crippen LogP contribution is -2.23. The van der Waals surface area contributed by atoms with Gasteiger partial charge in [-0.3, -0.25) is 0 Å². The van der Waals surface area contributed by atoms with Gasteiger partial charge in [-0.05, 0) is 60.2 Å². The first-order valence-electron chi connectivity index (χ1n) is 8.31. The average molecular weight is 313 g/mol. The summed E-state index contributed by atoms with van der Waals surface area (Å²) in [6, 6.07) is 25.7. The number of aryl methyl sites for hydroxylation is 1. The Morgan fingerprint density at radius 2 is 1.25 bits per heavy atom. The topological polar surface area (TPSA) is 3.24 Å². The molecule has 0 aliphatic heterocycles. The van der Waals surface area contributed by atoms with Crippen molar-refractivity contribution in [3.05, 3.63) is 94.4 Å². The van der Waals surface area contributed by atoms with Crippen LogP contribution in [0.5, 0.6) is 0 Å². The van der Waals surface area contributed by atoms with Gasteiger partial charge >= 0.3 is 0 Å². The zero-order valence-corrected chi connectivity index (χ0v) is 14.5. The van der Waals surface area contributed by atoms with Gasteiger partial charge in [-0.15, -0.1) is 0 Å². The Balaban J connectivity index is 1.89. The lowest BCUT2D eigenvalue weighted by Gasteiger charge is -2.19. The van der Waals surface area contributed by atoms with Crippen molar-refractivity contribution < 1.29 is 0 Å². The van der Waals surface area contributed by atoms with Crippen molar-refractivity contribution in [2.75, 3.05) is 11.9 Å². The number of anilines is 2. The van der Waals surface area contributed by atoms with Crippen molar-refractivity contribution in [2.45, 2.75) is 13.8 Å². The second kappa shape index (κ2) is 7.18. The Hall–Kier alpha value is -2.80. The van der Waals surface area contributed by atoms with E-state index in [9.17, 15) is 0 Å². The number of nitrogens with zero attached hydrogens (tertiary/aromatic N) is 1. The number of hydrogen-bond acceptors (Lipinski definition) is 1. The van der Waals surface area contributed by atoms with Crippen molar-refractivity contribution in [1.82, 2.24) is 0 Å². The molecule has 0 atom stereocenters. The van der Waals surface area contributed by atoms with Gasteiger partial charge in [0.25, 0.3) is 0 Å². The molecular weight excluding hydrogens is 290 g/mol. The summed E-state index contributed by atoms with van der Waals surface area (Å²) in [5, 5.41) is 2.51. The fourth-order valence-electron chi connectivity index (χ4n) is 2.80. The second-order valence-electron chi connectivity index (χ2n) is 6.05. The van der Waals surface area contributed by atoms with Crippen LogP contribution in [0.2, 0.25) is 0 Å². The molecule has 0 N–H and O–H groups in total. The third kappa shape index (κ3) is 3.57. The summed E-state index contributed by atoms with van der Waals surface area (Å²) >= 11 is 0. The van der Waals surface area contributed by atoms with Crippen LogP contribution in [0.25, 0.3) is 12.2 Å². The van der Waals surface area contributed by atoms with Gasteiger partial charge < -0.3 is 4.90 Å². The molecule has 0 amide bonds. The molecule has 0 fully saturated rings. The van der Waals surface area contributed by atoms with E-state index in [1.807, 2.05) is 0 Å². The summed E-state index contributed by atoms with van der Waals surface area (Å²) in [4.78, 5) is 2.21. The fourth-order valence-corrected chi connectivity index (χ4v) is 2.80. The lowest BCUT2D eigenvalue weighted by molar-refractivity contribution is 1.20. The molecule has 0 heterocycles. The van der Waals surface area contributed by atoms with Crippen LogP contribution < -0.4 is 15.3 Å². The minimum Gasteiger partial charge on any atom is -0.345 e. The molecule has 24 heavy (non-hydrogen) atoms. The van der Waals surface area contributed by atoms with E-state index < -0.39 is 0 Å². The highest BCUT2D eigenvalue weighted by molar-refractivity contribution is 5.64. The molecular formula is C23H23N. The van der Waals surface area contributed by atoms with Crippen LogP contribution in [-0.2, 0) is 0 Å². The Morgan fingerprint density at radius 3 is 1.83 bits per heavy atom. The van der Waals surface area contributed by atoms with Crippen LogP contribution in [0.3, 0.4) is 0 Å². The van der Waals surface area contributed by atoms with E-state index in [1.165, 1.54) is 32.9 Å². The van der Waals surface area contributed by atoms with E-state index in [0.717, 1.165) is 0 Å². The van der Waals surface area contributed by atoms with Crippen LogP contribution in [0.4, 0.5) is 11.4 Å². The van der Waals surface area contributed by atoms with Gasteiger partial charge in [0.15, 0.2) is 0 Å². The Kier molecular flexibility index (Phi) is 4.81. The van der Waals surface area contributed by atoms with Gasteiger partial charge in [0.05, 0.1) is 0 Å². The summed E-state index contributed by atoms with van der Waals surface area (Å²) in [6.07, 6.45) is 4.37. The van der Waals surface area contributed by atoms with Gasteiger partial charge in [0.1, 0.15) is 0 Å². The molecule has 1 nitrogen and oxygen atoms in total. The standard InChI is InChI=1S/C23H23N/c1-4-20-7-5-6-8-21(20)17-19-11-15-23(16-12-19)24(3)22-13-9-18(2)10-14-22/h4-17H,1-3H3/b20-4-,21-17-. The third-order valence-corrected chi connectivity index (χ3v) is 4.33. The highest BCUT2D eigenvalue weighted by Crippen LogP contribution is 2.24. The van der Waals surface area contributed by atoms with Crippen LogP contribution in [0.1, 0.15) is 18.1 Å². The van der Waals surface area contributed by atoms with Crippen LogP contribution in [-0.4, -0.2) is 7.05 Å². The molecule has 0 saturated heterocycles. The number of hydrogen-bond donors (Lipinski definition) is 0. The lowest BCUT2D eigenvalue weighted by atomic mass is 10.1. The van der Waals surface area contributed by atoms with Gasteiger partial charge in [-0.1, -0.05) is 60.2 Å². The molecule has 120 valence electrons. The van der Waals surface area contributed by atoms with Gasteiger partial charge in [-0.2, -0.15) is 0 Å². The zero-order valence-electron chi connectivity index (χ0n) is 14.5. The maximum Gasteiger partial charge on any atom is 0.0408 e. The van der Waals surface area contributed by atoms with E-state index in [4.69, 9.17) is 0 Å². The fraction of sp³-hybridized carbons (Fsp3) is 0.130. The molecule has 0 unspecified atom stereocenters. The normalized spacial score (nSPS) is 12.5. The maximum absolute atomic E-state index is 2.23. The molecule has 3 aromatic rings.